The van der Waals surface area contributed by atoms with Crippen LogP contribution < -0.4 is 0 Å². The number of nitriles is 1. The average Bonchev–Trinajstić information content (AvgIpc) is 2.48. The summed E-state index contributed by atoms with van der Waals surface area (Å²) in [4.78, 5) is 16.7. The second kappa shape index (κ2) is 5.16. The first-order chi connectivity index (χ1) is 10.0. The maximum Gasteiger partial charge on any atom is 0.230 e. The molecule has 1 fully saturated rings. The van der Waals surface area contributed by atoms with E-state index in [4.69, 9.17) is 0 Å². The van der Waals surface area contributed by atoms with Crippen molar-refractivity contribution in [1.82, 2.24) is 9.80 Å². The Morgan fingerprint density at radius 1 is 1.24 bits per heavy atom. The van der Waals surface area contributed by atoms with E-state index in [1.807, 2.05) is 30.9 Å². The quantitative estimate of drug-likeness (QED) is 0.831. The van der Waals surface area contributed by atoms with Gasteiger partial charge in [-0.1, -0.05) is 24.3 Å². The van der Waals surface area contributed by atoms with Gasteiger partial charge in [-0.3, -0.25) is 9.69 Å². The van der Waals surface area contributed by atoms with Crippen LogP contribution in [0.5, 0.6) is 0 Å². The number of piperazine rings is 1. The summed E-state index contributed by atoms with van der Waals surface area (Å²) in [6.45, 7) is 6.88. The summed E-state index contributed by atoms with van der Waals surface area (Å²) in [5.41, 5.74) is 2.06. The lowest BCUT2D eigenvalue weighted by atomic mass is 9.77. The molecule has 0 radical (unpaired) electrons. The molecule has 2 aliphatic rings. The summed E-state index contributed by atoms with van der Waals surface area (Å²) in [6.07, 6.45) is 0.874. The van der Waals surface area contributed by atoms with Crippen molar-refractivity contribution in [3.05, 3.63) is 35.4 Å². The van der Waals surface area contributed by atoms with Gasteiger partial charge in [-0.15, -0.1) is 0 Å². The van der Waals surface area contributed by atoms with Crippen molar-refractivity contribution in [2.24, 2.45) is 0 Å². The third-order valence-electron chi connectivity index (χ3n) is 4.81. The Bertz CT molecular complexity index is 594. The summed E-state index contributed by atoms with van der Waals surface area (Å²) in [6, 6.07) is 10.5. The van der Waals surface area contributed by atoms with Crippen LogP contribution in [-0.4, -0.2) is 47.4 Å². The van der Waals surface area contributed by atoms with E-state index in [2.05, 4.69) is 23.1 Å². The lowest BCUT2D eigenvalue weighted by Crippen LogP contribution is -2.56. The van der Waals surface area contributed by atoms with Crippen LogP contribution in [0.1, 0.15) is 30.9 Å². The van der Waals surface area contributed by atoms with Crippen molar-refractivity contribution in [2.45, 2.75) is 31.7 Å². The van der Waals surface area contributed by atoms with Gasteiger partial charge in [0.1, 0.15) is 5.54 Å². The molecule has 1 unspecified atom stereocenters. The van der Waals surface area contributed by atoms with Gasteiger partial charge >= 0.3 is 0 Å². The second-order valence-electron chi connectivity index (χ2n) is 6.44. The molecular weight excluding hydrogens is 262 g/mol. The number of rotatable bonds is 2. The second-order valence-corrected chi connectivity index (χ2v) is 6.44. The zero-order valence-electron chi connectivity index (χ0n) is 12.7. The van der Waals surface area contributed by atoms with Crippen LogP contribution in [0.25, 0.3) is 0 Å². The number of carbonyl (C=O) groups excluding carboxylic acids is 1. The highest BCUT2D eigenvalue weighted by atomic mass is 16.2. The number of benzene rings is 1. The number of hydrogen-bond donors (Lipinski definition) is 0. The predicted molar refractivity (Wildman–Crippen MR) is 80.7 cm³/mol. The van der Waals surface area contributed by atoms with Crippen molar-refractivity contribution in [2.75, 3.05) is 26.2 Å². The summed E-state index contributed by atoms with van der Waals surface area (Å²) < 4.78 is 0. The lowest BCUT2D eigenvalue weighted by Gasteiger charge is -2.42. The van der Waals surface area contributed by atoms with Crippen LogP contribution in [0.3, 0.4) is 0 Å². The van der Waals surface area contributed by atoms with Gasteiger partial charge in [-0.05, 0) is 31.4 Å². The van der Waals surface area contributed by atoms with Gasteiger partial charge in [0, 0.05) is 26.2 Å². The molecular formula is C17H21N3O. The van der Waals surface area contributed by atoms with E-state index in [1.54, 1.807) is 0 Å². The maximum atomic E-state index is 12.6. The molecule has 1 heterocycles. The van der Waals surface area contributed by atoms with E-state index in [1.165, 1.54) is 11.1 Å². The van der Waals surface area contributed by atoms with E-state index >= 15 is 0 Å². The highest BCUT2D eigenvalue weighted by molar-refractivity contribution is 5.87. The zero-order valence-corrected chi connectivity index (χ0v) is 12.7. The molecule has 1 aliphatic carbocycles. The van der Waals surface area contributed by atoms with Gasteiger partial charge in [0.15, 0.2) is 0 Å². The monoisotopic (exact) mass is 283 g/mol. The van der Waals surface area contributed by atoms with E-state index in [-0.39, 0.29) is 11.8 Å². The fraction of sp³-hybridized carbons (Fsp3) is 0.529. The van der Waals surface area contributed by atoms with E-state index in [0.29, 0.717) is 0 Å². The molecule has 1 atom stereocenters. The van der Waals surface area contributed by atoms with Crippen LogP contribution in [0, 0.1) is 11.3 Å². The first-order valence-corrected chi connectivity index (χ1v) is 7.56. The van der Waals surface area contributed by atoms with Gasteiger partial charge in [-0.2, -0.15) is 5.26 Å². The zero-order chi connectivity index (χ0) is 15.0. The Labute approximate surface area is 126 Å². The molecule has 110 valence electrons. The Kier molecular flexibility index (Phi) is 3.46. The summed E-state index contributed by atoms with van der Waals surface area (Å²) in [7, 11) is 0. The average molecular weight is 283 g/mol. The van der Waals surface area contributed by atoms with Crippen molar-refractivity contribution in [1.29, 1.82) is 5.26 Å². The Hall–Kier alpha value is -1.86. The Balaban J connectivity index is 1.61. The number of carbonyl (C=O) groups is 1. The van der Waals surface area contributed by atoms with E-state index in [0.717, 1.165) is 32.6 Å². The first kappa shape index (κ1) is 14.1. The number of amides is 1. The van der Waals surface area contributed by atoms with Crippen molar-refractivity contribution in [3.63, 3.8) is 0 Å². The van der Waals surface area contributed by atoms with Crippen LogP contribution >= 0.6 is 0 Å². The molecule has 0 spiro atoms. The molecule has 1 amide bonds. The van der Waals surface area contributed by atoms with Gasteiger partial charge < -0.3 is 4.90 Å². The lowest BCUT2D eigenvalue weighted by molar-refractivity contribution is -0.135. The maximum absolute atomic E-state index is 12.6. The highest BCUT2D eigenvalue weighted by Gasteiger charge is 2.37. The summed E-state index contributed by atoms with van der Waals surface area (Å²) in [5, 5.41) is 9.19. The minimum absolute atomic E-state index is 0.0525. The molecule has 1 aromatic carbocycles. The van der Waals surface area contributed by atoms with Gasteiger partial charge in [0.2, 0.25) is 5.91 Å². The van der Waals surface area contributed by atoms with Crippen LogP contribution in [-0.2, 0) is 11.2 Å². The van der Waals surface area contributed by atoms with Crippen LogP contribution in [0.4, 0.5) is 0 Å². The molecule has 3 rings (SSSR count). The Morgan fingerprint density at radius 2 is 1.90 bits per heavy atom. The van der Waals surface area contributed by atoms with Gasteiger partial charge in [-0.25, -0.2) is 0 Å². The third-order valence-corrected chi connectivity index (χ3v) is 4.81. The Morgan fingerprint density at radius 3 is 2.52 bits per heavy atom. The smallest absolute Gasteiger partial charge is 0.230 e. The fourth-order valence-electron chi connectivity index (χ4n) is 3.26. The topological polar surface area (TPSA) is 47.3 Å². The minimum atomic E-state index is -0.446. The molecule has 0 bridgehead atoms. The van der Waals surface area contributed by atoms with Gasteiger partial charge in [0.05, 0.1) is 12.0 Å². The molecule has 4 nitrogen and oxygen atoms in total. The van der Waals surface area contributed by atoms with Crippen molar-refractivity contribution < 1.29 is 4.79 Å². The highest BCUT2D eigenvalue weighted by Crippen LogP contribution is 2.36. The van der Waals surface area contributed by atoms with Crippen molar-refractivity contribution in [3.8, 4) is 6.07 Å². The normalized spacial score (nSPS) is 22.1. The molecule has 1 aliphatic heterocycles. The SMILES string of the molecule is CC(C)(C#N)N1CCN(C(=O)C2Cc3ccccc32)CC1. The van der Waals surface area contributed by atoms with Crippen LogP contribution in [0.15, 0.2) is 24.3 Å². The molecule has 0 aromatic heterocycles. The molecule has 21 heavy (non-hydrogen) atoms. The number of fused-ring (bicyclic) bond motifs is 1. The van der Waals surface area contributed by atoms with E-state index in [9.17, 15) is 10.1 Å². The molecule has 4 heteroatoms. The largest absolute Gasteiger partial charge is 0.340 e. The summed E-state index contributed by atoms with van der Waals surface area (Å²) in [5.74, 6) is 0.305. The molecule has 0 saturated carbocycles. The van der Waals surface area contributed by atoms with Crippen LogP contribution in [0.2, 0.25) is 0 Å². The van der Waals surface area contributed by atoms with Gasteiger partial charge in [0.25, 0.3) is 0 Å². The molecule has 1 aromatic rings. The van der Waals surface area contributed by atoms with E-state index < -0.39 is 5.54 Å². The standard InChI is InChI=1S/C17H21N3O/c1-17(2,12-18)20-9-7-19(8-10-20)16(21)15-11-13-5-3-4-6-14(13)15/h3-6,15H,7-11H2,1-2H3. The predicted octanol–water partition coefficient (Wildman–Crippen LogP) is 1.77. The fourth-order valence-corrected chi connectivity index (χ4v) is 3.26. The molecule has 0 N–H and O–H groups in total. The third kappa shape index (κ3) is 2.43. The molecule has 1 saturated heterocycles. The number of nitrogens with zero attached hydrogens (tertiary/aromatic N) is 3. The summed E-state index contributed by atoms with van der Waals surface area (Å²) >= 11 is 0. The minimum Gasteiger partial charge on any atom is -0.340 e. The number of hydrogen-bond acceptors (Lipinski definition) is 3. The van der Waals surface area contributed by atoms with Crippen molar-refractivity contribution >= 4 is 5.91 Å². The first-order valence-electron chi connectivity index (χ1n) is 7.56.